The van der Waals surface area contributed by atoms with Crippen LogP contribution in [0.2, 0.25) is 0 Å². The Morgan fingerprint density at radius 1 is 1.07 bits per heavy atom. The van der Waals surface area contributed by atoms with Crippen LogP contribution in [0, 0.1) is 22.0 Å². The minimum absolute atomic E-state index is 0.00673. The van der Waals surface area contributed by atoms with Crippen molar-refractivity contribution < 1.29 is 14.8 Å². The monoisotopic (exact) mass is 406 g/mol. The molecule has 0 atom stereocenters. The number of carboxylic acid groups (broad SMARTS) is 1. The summed E-state index contributed by atoms with van der Waals surface area (Å²) in [6.45, 7) is 1.36. The zero-order chi connectivity index (χ0) is 20.6. The quantitative estimate of drug-likeness (QED) is 0.379. The van der Waals surface area contributed by atoms with Gasteiger partial charge in [0.1, 0.15) is 6.20 Å². The van der Waals surface area contributed by atoms with Gasteiger partial charge in [-0.3, -0.25) is 10.1 Å². The van der Waals surface area contributed by atoms with Crippen LogP contribution >= 0.6 is 0 Å². The van der Waals surface area contributed by atoms with Gasteiger partial charge in [0.05, 0.1) is 4.92 Å². The Bertz CT molecular complexity index is 702. The van der Waals surface area contributed by atoms with Crippen molar-refractivity contribution in [1.29, 1.82) is 0 Å². The molecule has 0 radical (unpaired) electrons. The maximum Gasteiger partial charge on any atom is 0.404 e. The predicted molar refractivity (Wildman–Crippen MR) is 109 cm³/mol. The molecule has 1 amide bonds. The molecule has 0 aliphatic heterocycles. The summed E-state index contributed by atoms with van der Waals surface area (Å²) >= 11 is 0. The van der Waals surface area contributed by atoms with Gasteiger partial charge in [-0.2, -0.15) is 4.98 Å². The molecule has 3 rings (SSSR count). The van der Waals surface area contributed by atoms with E-state index in [0.717, 1.165) is 32.2 Å². The number of amides is 1. The van der Waals surface area contributed by atoms with Gasteiger partial charge in [-0.15, -0.1) is 0 Å². The van der Waals surface area contributed by atoms with Crippen LogP contribution in [0.3, 0.4) is 0 Å². The molecule has 1 aromatic heterocycles. The minimum Gasteiger partial charge on any atom is -0.465 e. The SMILES string of the molecule is O=C(O)NC1CCC(CNc2nc(NCC3CCCCC3)ncc2[N+](=O)[O-])CC1. The van der Waals surface area contributed by atoms with Crippen molar-refractivity contribution in [3.05, 3.63) is 16.3 Å². The Morgan fingerprint density at radius 3 is 2.38 bits per heavy atom. The van der Waals surface area contributed by atoms with Gasteiger partial charge < -0.3 is 21.1 Å². The average Bonchev–Trinajstić information content (AvgIpc) is 2.72. The van der Waals surface area contributed by atoms with E-state index >= 15 is 0 Å². The topological polar surface area (TPSA) is 142 Å². The lowest BCUT2D eigenvalue weighted by Gasteiger charge is -2.28. The van der Waals surface area contributed by atoms with E-state index < -0.39 is 11.0 Å². The van der Waals surface area contributed by atoms with Crippen LogP contribution in [-0.4, -0.2) is 45.2 Å². The van der Waals surface area contributed by atoms with Crippen LogP contribution in [0.4, 0.5) is 22.2 Å². The largest absolute Gasteiger partial charge is 0.465 e. The lowest BCUT2D eigenvalue weighted by Crippen LogP contribution is -2.37. The number of rotatable bonds is 8. The summed E-state index contributed by atoms with van der Waals surface area (Å²) in [5, 5.41) is 29.0. The van der Waals surface area contributed by atoms with Crippen LogP contribution in [0.5, 0.6) is 0 Å². The number of hydrogen-bond donors (Lipinski definition) is 4. The smallest absolute Gasteiger partial charge is 0.404 e. The van der Waals surface area contributed by atoms with Gasteiger partial charge in [-0.25, -0.2) is 9.78 Å². The number of hydrogen-bond acceptors (Lipinski definition) is 7. The van der Waals surface area contributed by atoms with Crippen molar-refractivity contribution in [2.24, 2.45) is 11.8 Å². The predicted octanol–water partition coefficient (Wildman–Crippen LogP) is 3.62. The molecular weight excluding hydrogens is 376 g/mol. The fraction of sp³-hybridized carbons (Fsp3) is 0.737. The van der Waals surface area contributed by atoms with Crippen LogP contribution in [0.1, 0.15) is 57.8 Å². The van der Waals surface area contributed by atoms with E-state index in [1.807, 2.05) is 0 Å². The first-order chi connectivity index (χ1) is 14.0. The molecule has 0 saturated heterocycles. The van der Waals surface area contributed by atoms with Crippen LogP contribution in [0.25, 0.3) is 0 Å². The highest BCUT2D eigenvalue weighted by Crippen LogP contribution is 2.28. The summed E-state index contributed by atoms with van der Waals surface area (Å²) in [7, 11) is 0. The third-order valence-electron chi connectivity index (χ3n) is 5.97. The summed E-state index contributed by atoms with van der Waals surface area (Å²) in [6, 6.07) is -0.00673. The molecule has 29 heavy (non-hydrogen) atoms. The molecule has 1 aromatic rings. The summed E-state index contributed by atoms with van der Waals surface area (Å²) in [4.78, 5) is 30.1. The summed E-state index contributed by atoms with van der Waals surface area (Å²) in [6.07, 6.45) is 9.75. The first-order valence-corrected chi connectivity index (χ1v) is 10.5. The molecule has 10 nitrogen and oxygen atoms in total. The standard InChI is InChI=1S/C19H30N6O4/c26-19(27)23-15-8-6-14(7-9-15)10-20-17-16(25(28)29)12-22-18(24-17)21-11-13-4-2-1-3-5-13/h12-15,23H,1-11H2,(H,26,27)(H2,20,21,22,24). The van der Waals surface area contributed by atoms with E-state index in [1.54, 1.807) is 0 Å². The van der Waals surface area contributed by atoms with Crippen molar-refractivity contribution in [3.63, 3.8) is 0 Å². The molecule has 2 aliphatic carbocycles. The van der Waals surface area contributed by atoms with Crippen LogP contribution in [-0.2, 0) is 0 Å². The van der Waals surface area contributed by atoms with Crippen LogP contribution in [0.15, 0.2) is 6.20 Å². The molecule has 0 unspecified atom stereocenters. The highest BCUT2D eigenvalue weighted by Gasteiger charge is 2.24. The normalized spacial score (nSPS) is 22.6. The molecule has 0 bridgehead atoms. The van der Waals surface area contributed by atoms with E-state index in [4.69, 9.17) is 5.11 Å². The number of nitrogens with one attached hydrogen (secondary N) is 3. The number of nitro groups is 1. The van der Waals surface area contributed by atoms with Crippen molar-refractivity contribution in [1.82, 2.24) is 15.3 Å². The van der Waals surface area contributed by atoms with Crippen molar-refractivity contribution in [2.75, 3.05) is 23.7 Å². The second-order valence-electron chi connectivity index (χ2n) is 8.12. The zero-order valence-electron chi connectivity index (χ0n) is 16.6. The second kappa shape index (κ2) is 10.2. The van der Waals surface area contributed by atoms with E-state index in [1.165, 1.54) is 38.3 Å². The average molecular weight is 406 g/mol. The van der Waals surface area contributed by atoms with Gasteiger partial charge in [0.2, 0.25) is 11.8 Å². The van der Waals surface area contributed by atoms with Gasteiger partial charge in [-0.05, 0) is 50.4 Å². The first-order valence-electron chi connectivity index (χ1n) is 10.5. The van der Waals surface area contributed by atoms with E-state index in [2.05, 4.69) is 25.9 Å². The highest BCUT2D eigenvalue weighted by atomic mass is 16.6. The Labute approximate surface area is 170 Å². The second-order valence-corrected chi connectivity index (χ2v) is 8.12. The van der Waals surface area contributed by atoms with E-state index in [9.17, 15) is 14.9 Å². The summed E-state index contributed by atoms with van der Waals surface area (Å²) in [5.74, 6) is 1.59. The van der Waals surface area contributed by atoms with Crippen molar-refractivity contribution in [3.8, 4) is 0 Å². The molecule has 1 heterocycles. The highest BCUT2D eigenvalue weighted by molar-refractivity contribution is 5.64. The minimum atomic E-state index is -0.989. The van der Waals surface area contributed by atoms with Gasteiger partial charge in [0.25, 0.3) is 0 Å². The Morgan fingerprint density at radius 2 is 1.72 bits per heavy atom. The molecule has 2 fully saturated rings. The van der Waals surface area contributed by atoms with Gasteiger partial charge in [0.15, 0.2) is 0 Å². The molecule has 10 heteroatoms. The maximum atomic E-state index is 11.3. The van der Waals surface area contributed by atoms with Gasteiger partial charge >= 0.3 is 11.8 Å². The molecule has 0 aromatic carbocycles. The Balaban J connectivity index is 1.54. The van der Waals surface area contributed by atoms with Crippen LogP contribution < -0.4 is 16.0 Å². The molecule has 4 N–H and O–H groups in total. The molecule has 0 spiro atoms. The third-order valence-corrected chi connectivity index (χ3v) is 5.97. The fourth-order valence-corrected chi connectivity index (χ4v) is 4.28. The maximum absolute atomic E-state index is 11.3. The number of anilines is 2. The van der Waals surface area contributed by atoms with Crippen molar-refractivity contribution >= 4 is 23.5 Å². The van der Waals surface area contributed by atoms with E-state index in [0.29, 0.717) is 24.3 Å². The lowest BCUT2D eigenvalue weighted by molar-refractivity contribution is -0.384. The lowest BCUT2D eigenvalue weighted by atomic mass is 9.86. The van der Waals surface area contributed by atoms with Gasteiger partial charge in [-0.1, -0.05) is 19.3 Å². The molecule has 160 valence electrons. The fourth-order valence-electron chi connectivity index (χ4n) is 4.28. The molecule has 2 saturated carbocycles. The summed E-state index contributed by atoms with van der Waals surface area (Å²) < 4.78 is 0. The number of nitrogens with zero attached hydrogens (tertiary/aromatic N) is 3. The summed E-state index contributed by atoms with van der Waals surface area (Å²) in [5.41, 5.74) is -0.130. The number of aromatic nitrogens is 2. The van der Waals surface area contributed by atoms with Crippen molar-refractivity contribution in [2.45, 2.75) is 63.8 Å². The Hall–Kier alpha value is -2.65. The first kappa shape index (κ1) is 21.1. The molecular formula is C19H30N6O4. The van der Waals surface area contributed by atoms with Gasteiger partial charge in [0, 0.05) is 19.1 Å². The third kappa shape index (κ3) is 6.43. The van der Waals surface area contributed by atoms with E-state index in [-0.39, 0.29) is 17.5 Å². The zero-order valence-corrected chi connectivity index (χ0v) is 16.6. The Kier molecular flexibility index (Phi) is 7.42. The molecule has 2 aliphatic rings. The number of carbonyl (C=O) groups is 1.